The summed E-state index contributed by atoms with van der Waals surface area (Å²) in [6.07, 6.45) is 4.82. The quantitative estimate of drug-likeness (QED) is 0.438. The fraction of sp³-hybridized carbons (Fsp3) is 0.407. The molecule has 0 aromatic carbocycles. The average molecular weight is 532 g/mol. The molecule has 5 rings (SSSR count). The Morgan fingerprint density at radius 3 is 3.03 bits per heavy atom. The van der Waals surface area contributed by atoms with Crippen LogP contribution in [0.3, 0.4) is 0 Å². The molecule has 1 saturated carbocycles. The van der Waals surface area contributed by atoms with Crippen molar-refractivity contribution in [1.29, 1.82) is 5.26 Å². The van der Waals surface area contributed by atoms with E-state index in [1.807, 2.05) is 0 Å². The highest BCUT2D eigenvalue weighted by atomic mass is 16.6. The van der Waals surface area contributed by atoms with Gasteiger partial charge in [0, 0.05) is 31.9 Å². The van der Waals surface area contributed by atoms with Gasteiger partial charge in [0.15, 0.2) is 18.2 Å². The van der Waals surface area contributed by atoms with Gasteiger partial charge in [0.1, 0.15) is 18.0 Å². The molecule has 12 nitrogen and oxygen atoms in total. The summed E-state index contributed by atoms with van der Waals surface area (Å²) in [5.74, 6) is 0.774. The monoisotopic (exact) mass is 531 g/mol. The lowest BCUT2D eigenvalue weighted by molar-refractivity contribution is -0.118. The number of anilines is 2. The number of carbonyl (C=O) groups excluding carboxylic acids is 2. The molecule has 0 spiro atoms. The first kappa shape index (κ1) is 26.1. The number of nitrogens with zero attached hydrogens (tertiary/aromatic N) is 5. The fourth-order valence-corrected chi connectivity index (χ4v) is 4.90. The number of hydrogen-bond donors (Lipinski definition) is 2. The molecule has 202 valence electrons. The minimum absolute atomic E-state index is 0.0644. The summed E-state index contributed by atoms with van der Waals surface area (Å²) in [6.45, 7) is 1.12. The van der Waals surface area contributed by atoms with Crippen LogP contribution in [-0.2, 0) is 16.1 Å². The summed E-state index contributed by atoms with van der Waals surface area (Å²) in [4.78, 5) is 46.8. The second kappa shape index (κ2) is 11.5. The molecular weight excluding hydrogens is 502 g/mol. The zero-order valence-corrected chi connectivity index (χ0v) is 21.6. The number of pyridine rings is 3. The normalized spacial score (nSPS) is 18.4. The molecule has 0 saturated heterocycles. The molecule has 1 fully saturated rings. The van der Waals surface area contributed by atoms with E-state index in [2.05, 4.69) is 26.7 Å². The molecule has 2 aliphatic rings. The molecule has 2 amide bonds. The van der Waals surface area contributed by atoms with Crippen molar-refractivity contribution in [3.8, 4) is 11.8 Å². The van der Waals surface area contributed by atoms with Crippen LogP contribution in [0.5, 0.6) is 5.75 Å². The highest BCUT2D eigenvalue weighted by Gasteiger charge is 2.27. The number of ether oxygens (including phenoxy) is 2. The molecule has 1 aliphatic carbocycles. The molecular formula is C27H29N7O5. The minimum Gasteiger partial charge on any atom is -0.480 e. The number of amides is 2. The van der Waals surface area contributed by atoms with Crippen LogP contribution in [0.4, 0.5) is 16.4 Å². The van der Waals surface area contributed by atoms with Crippen LogP contribution in [-0.4, -0.2) is 58.9 Å². The Balaban J connectivity index is 1.12. The van der Waals surface area contributed by atoms with E-state index in [0.29, 0.717) is 54.1 Å². The van der Waals surface area contributed by atoms with Crippen molar-refractivity contribution in [2.75, 3.05) is 30.4 Å². The van der Waals surface area contributed by atoms with Gasteiger partial charge in [0.25, 0.3) is 11.5 Å². The lowest BCUT2D eigenvalue weighted by Gasteiger charge is -2.31. The maximum atomic E-state index is 12.8. The van der Waals surface area contributed by atoms with Gasteiger partial charge in [-0.25, -0.2) is 9.78 Å². The predicted molar refractivity (Wildman–Crippen MR) is 143 cm³/mol. The number of rotatable bonds is 7. The lowest BCUT2D eigenvalue weighted by atomic mass is 9.93. The molecule has 4 heterocycles. The highest BCUT2D eigenvalue weighted by molar-refractivity contribution is 5.95. The number of nitriles is 1. The van der Waals surface area contributed by atoms with Crippen LogP contribution in [0.25, 0.3) is 11.0 Å². The summed E-state index contributed by atoms with van der Waals surface area (Å²) >= 11 is 0. The van der Waals surface area contributed by atoms with Crippen molar-refractivity contribution in [2.24, 2.45) is 0 Å². The standard InChI is InChI=1S/C27H29N7O5/c1-33(23-8-7-22-26(31-23)32-24(35)16-38-22)27(37)39-19-5-2-4-18(13-19)29-10-3-11-34-21-12-17(14-28)15-30-20(21)6-9-25(34)36/h6-9,12,15,18-19,29H,2-5,10-11,13,16H2,1H3,(H,31,32,35). The molecule has 0 radical (unpaired) electrons. The van der Waals surface area contributed by atoms with Crippen molar-refractivity contribution >= 4 is 34.7 Å². The number of fused-ring (bicyclic) bond motifs is 2. The highest BCUT2D eigenvalue weighted by Crippen LogP contribution is 2.29. The predicted octanol–water partition coefficient (Wildman–Crippen LogP) is 2.56. The van der Waals surface area contributed by atoms with E-state index < -0.39 is 6.09 Å². The average Bonchev–Trinajstić information content (AvgIpc) is 2.95. The molecule has 0 bridgehead atoms. The van der Waals surface area contributed by atoms with Gasteiger partial charge in [-0.3, -0.25) is 19.5 Å². The maximum Gasteiger partial charge on any atom is 0.415 e. The first-order valence-corrected chi connectivity index (χ1v) is 12.9. The van der Waals surface area contributed by atoms with Gasteiger partial charge in [0.05, 0.1) is 16.6 Å². The molecule has 3 aromatic rings. The van der Waals surface area contributed by atoms with Crippen molar-refractivity contribution in [3.63, 3.8) is 0 Å². The Morgan fingerprint density at radius 2 is 2.18 bits per heavy atom. The molecule has 39 heavy (non-hydrogen) atoms. The topological polar surface area (TPSA) is 151 Å². The molecule has 3 aromatic heterocycles. The summed E-state index contributed by atoms with van der Waals surface area (Å²) in [6, 6.07) is 10.4. The first-order chi connectivity index (χ1) is 18.9. The number of hydrogen-bond acceptors (Lipinski definition) is 9. The van der Waals surface area contributed by atoms with Gasteiger partial charge in [-0.05, 0) is 62.9 Å². The number of nitrogens with one attached hydrogen (secondary N) is 2. The number of aryl methyl sites for hydroxylation is 1. The lowest BCUT2D eigenvalue weighted by Crippen LogP contribution is -2.40. The molecule has 1 aliphatic heterocycles. The Labute approximate surface area is 224 Å². The minimum atomic E-state index is -0.517. The van der Waals surface area contributed by atoms with E-state index >= 15 is 0 Å². The summed E-state index contributed by atoms with van der Waals surface area (Å²) in [7, 11) is 1.57. The Hall–Kier alpha value is -4.50. The fourth-order valence-electron chi connectivity index (χ4n) is 4.90. The Kier molecular flexibility index (Phi) is 7.69. The SMILES string of the molecule is CN(C(=O)OC1CCCC(NCCCn2c(=O)ccc3ncc(C#N)cc32)C1)c1ccc2c(n1)NC(=O)CO2. The van der Waals surface area contributed by atoms with Gasteiger partial charge in [-0.1, -0.05) is 0 Å². The summed E-state index contributed by atoms with van der Waals surface area (Å²) in [5.41, 5.74) is 1.61. The van der Waals surface area contributed by atoms with Crippen molar-refractivity contribution in [1.82, 2.24) is 19.9 Å². The van der Waals surface area contributed by atoms with Gasteiger partial charge in [0.2, 0.25) is 0 Å². The number of carbonyl (C=O) groups is 2. The largest absolute Gasteiger partial charge is 0.480 e. The first-order valence-electron chi connectivity index (χ1n) is 12.9. The van der Waals surface area contributed by atoms with E-state index in [1.54, 1.807) is 35.9 Å². The number of aromatic nitrogens is 3. The van der Waals surface area contributed by atoms with Crippen LogP contribution in [0, 0.1) is 11.3 Å². The van der Waals surface area contributed by atoms with Gasteiger partial charge >= 0.3 is 6.09 Å². The molecule has 2 atom stereocenters. The van der Waals surface area contributed by atoms with Gasteiger partial charge in [-0.15, -0.1) is 0 Å². The van der Waals surface area contributed by atoms with Crippen molar-refractivity contribution < 1.29 is 19.1 Å². The van der Waals surface area contributed by atoms with E-state index in [1.165, 1.54) is 17.2 Å². The molecule has 2 N–H and O–H groups in total. The van der Waals surface area contributed by atoms with E-state index in [9.17, 15) is 19.6 Å². The second-order valence-corrected chi connectivity index (χ2v) is 9.65. The van der Waals surface area contributed by atoms with Crippen LogP contribution in [0.15, 0.2) is 41.3 Å². The summed E-state index contributed by atoms with van der Waals surface area (Å²) in [5, 5.41) is 15.4. The second-order valence-electron chi connectivity index (χ2n) is 9.65. The maximum absolute atomic E-state index is 12.8. The third-order valence-corrected chi connectivity index (χ3v) is 6.93. The van der Waals surface area contributed by atoms with Crippen molar-refractivity contribution in [3.05, 3.63) is 52.4 Å². The molecule has 12 heteroatoms. The van der Waals surface area contributed by atoms with E-state index in [4.69, 9.17) is 9.47 Å². The summed E-state index contributed by atoms with van der Waals surface area (Å²) < 4.78 is 12.7. The molecule has 2 unspecified atom stereocenters. The van der Waals surface area contributed by atoms with Crippen LogP contribution < -0.4 is 25.8 Å². The van der Waals surface area contributed by atoms with Gasteiger partial charge < -0.3 is 24.7 Å². The smallest absolute Gasteiger partial charge is 0.415 e. The third kappa shape index (κ3) is 5.99. The van der Waals surface area contributed by atoms with Crippen LogP contribution in [0.2, 0.25) is 0 Å². The third-order valence-electron chi connectivity index (χ3n) is 6.93. The zero-order chi connectivity index (χ0) is 27.4. The van der Waals surface area contributed by atoms with Gasteiger partial charge in [-0.2, -0.15) is 5.26 Å². The Morgan fingerprint density at radius 1 is 1.31 bits per heavy atom. The van der Waals surface area contributed by atoms with E-state index in [0.717, 1.165) is 19.3 Å². The van der Waals surface area contributed by atoms with Crippen LogP contribution >= 0.6 is 0 Å². The van der Waals surface area contributed by atoms with Crippen molar-refractivity contribution in [2.45, 2.75) is 50.8 Å². The van der Waals surface area contributed by atoms with E-state index in [-0.39, 0.29) is 36.0 Å². The Bertz CT molecular complexity index is 1500. The van der Waals surface area contributed by atoms with Crippen LogP contribution in [0.1, 0.15) is 37.7 Å². The zero-order valence-electron chi connectivity index (χ0n) is 21.6.